The number of ether oxygens (including phenoxy) is 1. The van der Waals surface area contributed by atoms with Crippen LogP contribution in [0.15, 0.2) is 51.3 Å². The first kappa shape index (κ1) is 34.3. The minimum Gasteiger partial charge on any atom is -0.504 e. The molecule has 8 nitrogen and oxygen atoms in total. The molecule has 0 saturated carbocycles. The molecule has 0 aliphatic heterocycles. The van der Waals surface area contributed by atoms with E-state index in [1.165, 1.54) is 13.2 Å². The van der Waals surface area contributed by atoms with E-state index in [4.69, 9.17) is 13.6 Å². The van der Waals surface area contributed by atoms with Crippen LogP contribution in [-0.4, -0.2) is 35.3 Å². The molecular weight excluding hydrogens is 680 g/mol. The van der Waals surface area contributed by atoms with Gasteiger partial charge in [-0.25, -0.2) is 0 Å². The second kappa shape index (κ2) is 11.5. The lowest BCUT2D eigenvalue weighted by Gasteiger charge is -2.34. The van der Waals surface area contributed by atoms with E-state index in [0.717, 1.165) is 47.9 Å². The Bertz CT molecular complexity index is 2400. The monoisotopic (exact) mass is 722 g/mol. The number of furan rings is 2. The Morgan fingerprint density at radius 1 is 0.648 bits per heavy atom. The van der Waals surface area contributed by atoms with Crippen molar-refractivity contribution in [2.75, 3.05) is 7.11 Å². The molecule has 0 unspecified atom stereocenters. The van der Waals surface area contributed by atoms with E-state index in [1.54, 1.807) is 26.0 Å². The van der Waals surface area contributed by atoms with Crippen LogP contribution in [0.3, 0.4) is 0 Å². The number of fused-ring (bicyclic) bond motifs is 10. The van der Waals surface area contributed by atoms with Gasteiger partial charge in [0.05, 0.1) is 18.2 Å². The topological polar surface area (TPSA) is 124 Å². The summed E-state index contributed by atoms with van der Waals surface area (Å²) < 4.78 is 19.1. The third-order valence-electron chi connectivity index (χ3n) is 12.8. The van der Waals surface area contributed by atoms with Crippen LogP contribution in [-0.2, 0) is 23.7 Å². The minimum atomic E-state index is -0.860. The molecule has 4 aliphatic carbocycles. The molecule has 9 rings (SSSR count). The molecule has 0 spiro atoms. The molecule has 4 aliphatic rings. The molecule has 0 atom stereocenters. The Morgan fingerprint density at radius 3 is 1.54 bits per heavy atom. The molecule has 0 saturated heterocycles. The number of rotatable bonds is 4. The molecule has 274 valence electrons. The van der Waals surface area contributed by atoms with Crippen LogP contribution in [0.4, 0.5) is 0 Å². The van der Waals surface area contributed by atoms with Crippen molar-refractivity contribution in [1.29, 1.82) is 0 Å². The van der Waals surface area contributed by atoms with Gasteiger partial charge < -0.3 is 18.7 Å². The van der Waals surface area contributed by atoms with Crippen LogP contribution in [0.1, 0.15) is 151 Å². The first-order valence-corrected chi connectivity index (χ1v) is 18.8. The summed E-state index contributed by atoms with van der Waals surface area (Å²) in [6.45, 7) is 12.2. The fraction of sp³-hybridized carbons (Fsp3) is 0.348. The first-order valence-electron chi connectivity index (χ1n) is 18.8. The predicted octanol–water partition coefficient (Wildman–Crippen LogP) is 9.70. The molecular formula is C46H42O8. The zero-order valence-corrected chi connectivity index (χ0v) is 31.7. The number of phenolic OH excluding ortho intramolecular Hbond substituents is 1. The largest absolute Gasteiger partial charge is 0.504 e. The normalized spacial score (nSPS) is 17.8. The van der Waals surface area contributed by atoms with Crippen LogP contribution in [0, 0.1) is 13.8 Å². The van der Waals surface area contributed by atoms with Gasteiger partial charge in [0.1, 0.15) is 29.0 Å². The average molecular weight is 723 g/mol. The van der Waals surface area contributed by atoms with Gasteiger partial charge in [-0.1, -0.05) is 58.0 Å². The third-order valence-corrected chi connectivity index (χ3v) is 12.8. The number of benzene rings is 3. The standard InChI is InChI=1S/C46H42O8/c1-21-32-37(48)39(50)35-24-10-8-18-45(3,4)28(24)15-13-26(35)43(32)53-41(21)34(23-12-17-30(47)31(20-23)52-7)42-22(2)33-38(49)40(51)36-25-11-9-19-46(5,6)29(25)16-14-27(36)44(33)54-42/h12-17,20,34,47H,8-11,18-19H2,1-7H3. The summed E-state index contributed by atoms with van der Waals surface area (Å²) in [4.78, 5) is 56.4. The lowest BCUT2D eigenvalue weighted by Crippen LogP contribution is -2.29. The summed E-state index contributed by atoms with van der Waals surface area (Å²) in [5.74, 6) is -1.71. The Labute approximate surface area is 313 Å². The number of ketones is 4. The molecule has 8 heteroatoms. The maximum Gasteiger partial charge on any atom is 0.237 e. The van der Waals surface area contributed by atoms with Crippen molar-refractivity contribution in [3.8, 4) is 34.1 Å². The second-order valence-corrected chi connectivity index (χ2v) is 16.8. The molecule has 2 heterocycles. The van der Waals surface area contributed by atoms with Crippen LogP contribution in [0.2, 0.25) is 0 Å². The molecule has 0 radical (unpaired) electrons. The van der Waals surface area contributed by atoms with Crippen LogP contribution in [0.25, 0.3) is 22.6 Å². The van der Waals surface area contributed by atoms with E-state index in [2.05, 4.69) is 39.8 Å². The fourth-order valence-corrected chi connectivity index (χ4v) is 9.95. The number of methoxy groups -OCH3 is 1. The van der Waals surface area contributed by atoms with Crippen molar-refractivity contribution in [2.45, 2.75) is 96.8 Å². The molecule has 0 bridgehead atoms. The van der Waals surface area contributed by atoms with Gasteiger partial charge in [-0.3, -0.25) is 19.2 Å². The third kappa shape index (κ3) is 4.55. The summed E-state index contributed by atoms with van der Waals surface area (Å²) in [5, 5.41) is 10.6. The van der Waals surface area contributed by atoms with Crippen molar-refractivity contribution in [3.63, 3.8) is 0 Å². The average Bonchev–Trinajstić information content (AvgIpc) is 3.66. The first-order chi connectivity index (χ1) is 25.7. The van der Waals surface area contributed by atoms with Crippen molar-refractivity contribution in [3.05, 3.63) is 115 Å². The number of hydrogen-bond acceptors (Lipinski definition) is 8. The highest BCUT2D eigenvalue weighted by Crippen LogP contribution is 2.52. The van der Waals surface area contributed by atoms with Crippen molar-refractivity contribution >= 4 is 23.1 Å². The highest BCUT2D eigenvalue weighted by Gasteiger charge is 2.45. The van der Waals surface area contributed by atoms with E-state index >= 15 is 0 Å². The lowest BCUT2D eigenvalue weighted by molar-refractivity contribution is 0.0813. The summed E-state index contributed by atoms with van der Waals surface area (Å²) in [6.07, 6.45) is 5.19. The Hall–Kier alpha value is -5.50. The number of phenols is 1. The number of aromatic hydroxyl groups is 1. The maximum absolute atomic E-state index is 14.1. The van der Waals surface area contributed by atoms with E-state index in [-0.39, 0.29) is 33.5 Å². The maximum atomic E-state index is 14.1. The number of Topliss-reactive ketones (excluding diaryl/α,β-unsaturated/α-hetero) is 4. The molecule has 2 aromatic heterocycles. The van der Waals surface area contributed by atoms with Gasteiger partial charge >= 0.3 is 0 Å². The summed E-state index contributed by atoms with van der Waals surface area (Å²) in [6, 6.07) is 12.8. The zero-order valence-electron chi connectivity index (χ0n) is 31.7. The van der Waals surface area contributed by atoms with Crippen LogP contribution < -0.4 is 4.74 Å². The van der Waals surface area contributed by atoms with Gasteiger partial charge in [-0.15, -0.1) is 0 Å². The van der Waals surface area contributed by atoms with Gasteiger partial charge in [0, 0.05) is 33.4 Å². The highest BCUT2D eigenvalue weighted by molar-refractivity contribution is 6.54. The Morgan fingerprint density at radius 2 is 1.09 bits per heavy atom. The molecule has 54 heavy (non-hydrogen) atoms. The molecule has 0 amide bonds. The molecule has 1 N–H and O–H groups in total. The van der Waals surface area contributed by atoms with E-state index < -0.39 is 29.1 Å². The SMILES string of the molecule is COc1cc(C(c2oc3c(c2C)C(=O)C(=O)c2c-3ccc3c2CCCC3(C)C)c2oc3c(c2C)C(=O)C(=O)c2c-3ccc3c2CCCC3(C)C)ccc1O. The fourth-order valence-electron chi connectivity index (χ4n) is 9.95. The molecule has 0 fully saturated rings. The lowest BCUT2D eigenvalue weighted by atomic mass is 9.69. The predicted molar refractivity (Wildman–Crippen MR) is 203 cm³/mol. The van der Waals surface area contributed by atoms with E-state index in [9.17, 15) is 24.3 Å². The highest BCUT2D eigenvalue weighted by atomic mass is 16.5. The van der Waals surface area contributed by atoms with Crippen LogP contribution >= 0.6 is 0 Å². The number of carbonyl (C=O) groups is 4. The summed E-state index contributed by atoms with van der Waals surface area (Å²) >= 11 is 0. The molecule has 3 aromatic carbocycles. The van der Waals surface area contributed by atoms with Gasteiger partial charge in [0.25, 0.3) is 0 Å². The van der Waals surface area contributed by atoms with Gasteiger partial charge in [-0.2, -0.15) is 0 Å². The smallest absolute Gasteiger partial charge is 0.237 e. The summed E-state index contributed by atoms with van der Waals surface area (Å²) in [7, 11) is 1.45. The number of hydrogen-bond donors (Lipinski definition) is 1. The zero-order chi connectivity index (χ0) is 38.2. The minimum absolute atomic E-state index is 0.0734. The Kier molecular flexibility index (Phi) is 7.30. The molecule has 5 aromatic rings. The summed E-state index contributed by atoms with van der Waals surface area (Å²) in [5.41, 5.74) is 7.63. The van der Waals surface area contributed by atoms with Gasteiger partial charge in [0.15, 0.2) is 11.5 Å². The van der Waals surface area contributed by atoms with Gasteiger partial charge in [0.2, 0.25) is 23.1 Å². The van der Waals surface area contributed by atoms with E-state index in [0.29, 0.717) is 74.8 Å². The Balaban J connectivity index is 1.29. The van der Waals surface area contributed by atoms with Crippen molar-refractivity contribution in [2.24, 2.45) is 0 Å². The van der Waals surface area contributed by atoms with Crippen molar-refractivity contribution in [1.82, 2.24) is 0 Å². The second-order valence-electron chi connectivity index (χ2n) is 16.8. The van der Waals surface area contributed by atoms with Gasteiger partial charge in [-0.05, 0) is 103 Å². The van der Waals surface area contributed by atoms with E-state index in [1.807, 2.05) is 12.1 Å². The number of carbonyl (C=O) groups excluding carboxylic acids is 4. The van der Waals surface area contributed by atoms with Crippen molar-refractivity contribution < 1.29 is 37.9 Å². The quantitative estimate of drug-likeness (QED) is 0.182. The van der Waals surface area contributed by atoms with Crippen LogP contribution in [0.5, 0.6) is 11.5 Å².